The molecule has 0 spiro atoms. The Morgan fingerprint density at radius 1 is 1.38 bits per heavy atom. The highest BCUT2D eigenvalue weighted by Crippen LogP contribution is 2.49. The molecule has 1 aromatic carbocycles. The highest BCUT2D eigenvalue weighted by molar-refractivity contribution is 9.10. The van der Waals surface area contributed by atoms with Crippen LogP contribution in [0.25, 0.3) is 10.9 Å². The van der Waals surface area contributed by atoms with Crippen LogP contribution in [0.1, 0.15) is 39.0 Å². The van der Waals surface area contributed by atoms with Crippen molar-refractivity contribution in [2.45, 2.75) is 51.6 Å². The van der Waals surface area contributed by atoms with Crippen LogP contribution >= 0.6 is 15.9 Å². The highest BCUT2D eigenvalue weighted by atomic mass is 79.9. The standard InChI is InChI=1S/C20H24BrN3O2/c1-12(16-9-13-2-3-14(16)8-13)23-19(25)6-7-24-11-22-18-5-4-15(21)10-17(18)20(24)26/h4-5,10-14,16H,2-3,6-9H2,1H3,(H,23,25)/t12-,13+,14+,16+/m1/s1. The molecule has 4 rings (SSSR count). The Hall–Kier alpha value is -1.69. The largest absolute Gasteiger partial charge is 0.353 e. The predicted octanol–water partition coefficient (Wildman–Crippen LogP) is 3.49. The molecule has 26 heavy (non-hydrogen) atoms. The zero-order valence-electron chi connectivity index (χ0n) is 15.0. The molecule has 1 amide bonds. The van der Waals surface area contributed by atoms with Crippen molar-refractivity contribution in [2.75, 3.05) is 0 Å². The van der Waals surface area contributed by atoms with Gasteiger partial charge in [-0.3, -0.25) is 14.2 Å². The molecule has 2 saturated carbocycles. The van der Waals surface area contributed by atoms with Crippen molar-refractivity contribution in [1.82, 2.24) is 14.9 Å². The van der Waals surface area contributed by atoms with E-state index in [9.17, 15) is 9.59 Å². The molecule has 1 aromatic heterocycles. The van der Waals surface area contributed by atoms with Crippen LogP contribution in [0, 0.1) is 17.8 Å². The molecule has 2 aromatic rings. The number of rotatable bonds is 5. The van der Waals surface area contributed by atoms with Gasteiger partial charge in [0.25, 0.3) is 5.56 Å². The maximum atomic E-state index is 12.6. The first-order chi connectivity index (χ1) is 12.5. The third-order valence-corrected chi connectivity index (χ3v) is 6.68. The van der Waals surface area contributed by atoms with Crippen molar-refractivity contribution in [2.24, 2.45) is 17.8 Å². The Kier molecular flexibility index (Phi) is 4.86. The van der Waals surface area contributed by atoms with E-state index in [2.05, 4.69) is 33.2 Å². The molecule has 4 atom stereocenters. The Morgan fingerprint density at radius 2 is 2.23 bits per heavy atom. The summed E-state index contributed by atoms with van der Waals surface area (Å²) in [7, 11) is 0. The van der Waals surface area contributed by atoms with Crippen LogP contribution in [0.15, 0.2) is 33.8 Å². The smallest absolute Gasteiger partial charge is 0.261 e. The van der Waals surface area contributed by atoms with Gasteiger partial charge >= 0.3 is 0 Å². The molecule has 0 radical (unpaired) electrons. The maximum Gasteiger partial charge on any atom is 0.261 e. The molecule has 0 saturated heterocycles. The molecule has 1 heterocycles. The first kappa shape index (κ1) is 17.7. The van der Waals surface area contributed by atoms with Crippen LogP contribution in [0.3, 0.4) is 0 Å². The Bertz CT molecular complexity index is 894. The van der Waals surface area contributed by atoms with Crippen molar-refractivity contribution in [3.8, 4) is 0 Å². The van der Waals surface area contributed by atoms with E-state index in [-0.39, 0.29) is 17.5 Å². The van der Waals surface area contributed by atoms with Crippen LogP contribution in [0.2, 0.25) is 0 Å². The number of nitrogens with zero attached hydrogens (tertiary/aromatic N) is 2. The Labute approximate surface area is 161 Å². The van der Waals surface area contributed by atoms with E-state index in [0.29, 0.717) is 29.8 Å². The molecule has 2 aliphatic carbocycles. The number of fused-ring (bicyclic) bond motifs is 3. The van der Waals surface area contributed by atoms with Crippen molar-refractivity contribution < 1.29 is 4.79 Å². The van der Waals surface area contributed by atoms with Gasteiger partial charge < -0.3 is 5.32 Å². The minimum Gasteiger partial charge on any atom is -0.353 e. The lowest BCUT2D eigenvalue weighted by Crippen LogP contribution is -2.40. The number of aryl methyl sites for hydroxylation is 1. The van der Waals surface area contributed by atoms with Gasteiger partial charge in [0.2, 0.25) is 5.91 Å². The first-order valence-electron chi connectivity index (χ1n) is 9.45. The zero-order chi connectivity index (χ0) is 18.3. The summed E-state index contributed by atoms with van der Waals surface area (Å²) in [4.78, 5) is 29.3. The van der Waals surface area contributed by atoms with E-state index >= 15 is 0 Å². The number of benzene rings is 1. The summed E-state index contributed by atoms with van der Waals surface area (Å²) in [5, 5.41) is 3.73. The summed E-state index contributed by atoms with van der Waals surface area (Å²) in [6.45, 7) is 2.48. The second-order valence-electron chi connectivity index (χ2n) is 7.85. The lowest BCUT2D eigenvalue weighted by molar-refractivity contribution is -0.122. The SMILES string of the molecule is C[C@@H](NC(=O)CCn1cnc2ccc(Br)cc2c1=O)[C@@H]1C[C@H]2CC[C@H]1C2. The summed E-state index contributed by atoms with van der Waals surface area (Å²) in [6, 6.07) is 5.68. The number of halogens is 1. The second-order valence-corrected chi connectivity index (χ2v) is 8.77. The average Bonchev–Trinajstić information content (AvgIpc) is 3.25. The predicted molar refractivity (Wildman–Crippen MR) is 105 cm³/mol. The molecular weight excluding hydrogens is 394 g/mol. The van der Waals surface area contributed by atoms with Gasteiger partial charge in [0.05, 0.1) is 17.2 Å². The van der Waals surface area contributed by atoms with Crippen LogP contribution < -0.4 is 10.9 Å². The molecule has 6 heteroatoms. The number of hydrogen-bond donors (Lipinski definition) is 1. The second kappa shape index (κ2) is 7.14. The van der Waals surface area contributed by atoms with Crippen molar-refractivity contribution in [3.63, 3.8) is 0 Å². The highest BCUT2D eigenvalue weighted by Gasteiger charge is 2.42. The van der Waals surface area contributed by atoms with Gasteiger partial charge in [-0.15, -0.1) is 0 Å². The molecule has 2 aliphatic rings. The first-order valence-corrected chi connectivity index (χ1v) is 10.2. The topological polar surface area (TPSA) is 64.0 Å². The van der Waals surface area contributed by atoms with Crippen molar-refractivity contribution in [1.29, 1.82) is 0 Å². The van der Waals surface area contributed by atoms with Crippen LogP contribution in [-0.4, -0.2) is 21.5 Å². The summed E-state index contributed by atoms with van der Waals surface area (Å²) >= 11 is 3.39. The van der Waals surface area contributed by atoms with Crippen molar-refractivity contribution in [3.05, 3.63) is 39.4 Å². The number of carbonyl (C=O) groups excluding carboxylic acids is 1. The molecule has 2 bridgehead atoms. The average molecular weight is 418 g/mol. The molecular formula is C20H24BrN3O2. The normalized spacial score (nSPS) is 25.5. The lowest BCUT2D eigenvalue weighted by Gasteiger charge is -2.28. The quantitative estimate of drug-likeness (QED) is 0.809. The fourth-order valence-corrected chi connectivity index (χ4v) is 5.21. The van der Waals surface area contributed by atoms with Gasteiger partial charge in [0, 0.05) is 23.5 Å². The minimum atomic E-state index is -0.106. The number of hydrogen-bond acceptors (Lipinski definition) is 3. The zero-order valence-corrected chi connectivity index (χ0v) is 16.5. The van der Waals surface area contributed by atoms with Gasteiger partial charge in [-0.25, -0.2) is 4.98 Å². The summed E-state index contributed by atoms with van der Waals surface area (Å²) in [6.07, 6.45) is 7.13. The molecule has 2 fully saturated rings. The van der Waals surface area contributed by atoms with Gasteiger partial charge in [0.1, 0.15) is 0 Å². The van der Waals surface area contributed by atoms with Crippen LogP contribution in [0.4, 0.5) is 0 Å². The third kappa shape index (κ3) is 3.43. The number of aromatic nitrogens is 2. The molecule has 138 valence electrons. The summed E-state index contributed by atoms with van der Waals surface area (Å²) < 4.78 is 2.37. The van der Waals surface area contributed by atoms with E-state index in [1.807, 2.05) is 12.1 Å². The molecule has 1 N–H and O–H groups in total. The number of nitrogens with one attached hydrogen (secondary N) is 1. The van der Waals surface area contributed by atoms with E-state index in [4.69, 9.17) is 0 Å². The van der Waals surface area contributed by atoms with Gasteiger partial charge in [-0.05, 0) is 62.1 Å². The van der Waals surface area contributed by atoms with Gasteiger partial charge in [-0.2, -0.15) is 0 Å². The maximum absolute atomic E-state index is 12.6. The van der Waals surface area contributed by atoms with E-state index in [1.165, 1.54) is 36.6 Å². The molecule has 5 nitrogen and oxygen atoms in total. The van der Waals surface area contributed by atoms with Gasteiger partial charge in [-0.1, -0.05) is 22.4 Å². The van der Waals surface area contributed by atoms with E-state index in [0.717, 1.165) is 16.3 Å². The molecule has 0 aliphatic heterocycles. The summed E-state index contributed by atoms with van der Waals surface area (Å²) in [5.74, 6) is 2.31. The Balaban J connectivity index is 1.38. The van der Waals surface area contributed by atoms with Crippen LogP contribution in [-0.2, 0) is 11.3 Å². The van der Waals surface area contributed by atoms with Crippen molar-refractivity contribution >= 4 is 32.7 Å². The van der Waals surface area contributed by atoms with Gasteiger partial charge in [0.15, 0.2) is 0 Å². The summed E-state index contributed by atoms with van der Waals surface area (Å²) in [5.41, 5.74) is 0.564. The van der Waals surface area contributed by atoms with E-state index < -0.39 is 0 Å². The fraction of sp³-hybridized carbons (Fsp3) is 0.550. The third-order valence-electron chi connectivity index (χ3n) is 6.19. The minimum absolute atomic E-state index is 0.0153. The number of carbonyl (C=O) groups is 1. The lowest BCUT2D eigenvalue weighted by atomic mass is 9.84. The number of amides is 1. The van der Waals surface area contributed by atoms with Crippen LogP contribution in [0.5, 0.6) is 0 Å². The Morgan fingerprint density at radius 3 is 2.96 bits per heavy atom. The monoisotopic (exact) mass is 417 g/mol. The van der Waals surface area contributed by atoms with E-state index in [1.54, 1.807) is 6.07 Å². The fourth-order valence-electron chi connectivity index (χ4n) is 4.85. The molecule has 0 unspecified atom stereocenters.